The molecule has 0 fully saturated rings. The van der Waals surface area contributed by atoms with Crippen molar-refractivity contribution in [2.75, 3.05) is 0 Å². The molecule has 108 valence electrons. The van der Waals surface area contributed by atoms with Crippen molar-refractivity contribution in [2.24, 2.45) is 0 Å². The average molecular weight is 298 g/mol. The number of hydrogen-bond acceptors (Lipinski definition) is 3. The topological polar surface area (TPSA) is 48.0 Å². The van der Waals surface area contributed by atoms with Crippen molar-refractivity contribution in [3.63, 3.8) is 0 Å². The van der Waals surface area contributed by atoms with Gasteiger partial charge in [-0.05, 0) is 24.3 Å². The Morgan fingerprint density at radius 3 is 2.68 bits per heavy atom. The Hall–Kier alpha value is -3.02. The minimum absolute atomic E-state index is 0.0566. The first kappa shape index (κ1) is 12.7. The number of benzene rings is 2. The second-order valence-electron chi connectivity index (χ2n) is 4.82. The third-order valence-electron chi connectivity index (χ3n) is 3.44. The van der Waals surface area contributed by atoms with Gasteiger partial charge in [0, 0.05) is 17.6 Å². The number of fused-ring (bicyclic) bond motifs is 3. The number of rotatable bonds is 1. The standard InChI is InChI=1S/C16H8F2N2O2/c17-9-5-6-13(12(18)7-9)20-8-11-15(19-20)10-3-1-2-4-14(10)22-16(11)21/h1-8H. The summed E-state index contributed by atoms with van der Waals surface area (Å²) >= 11 is 0. The highest BCUT2D eigenvalue weighted by molar-refractivity contribution is 6.01. The van der Waals surface area contributed by atoms with Gasteiger partial charge in [-0.3, -0.25) is 0 Å². The maximum absolute atomic E-state index is 13.9. The number of para-hydroxylation sites is 1. The van der Waals surface area contributed by atoms with Crippen LogP contribution in [0.25, 0.3) is 27.6 Å². The molecule has 2 aromatic heterocycles. The van der Waals surface area contributed by atoms with E-state index in [9.17, 15) is 13.6 Å². The van der Waals surface area contributed by atoms with Crippen LogP contribution < -0.4 is 5.63 Å². The van der Waals surface area contributed by atoms with Gasteiger partial charge in [-0.25, -0.2) is 18.3 Å². The quantitative estimate of drug-likeness (QED) is 0.506. The van der Waals surface area contributed by atoms with Gasteiger partial charge in [-0.1, -0.05) is 12.1 Å². The monoisotopic (exact) mass is 298 g/mol. The summed E-state index contributed by atoms with van der Waals surface area (Å²) in [4.78, 5) is 12.0. The van der Waals surface area contributed by atoms with E-state index in [0.29, 0.717) is 16.5 Å². The molecule has 0 spiro atoms. The van der Waals surface area contributed by atoms with Crippen molar-refractivity contribution in [3.05, 3.63) is 70.7 Å². The van der Waals surface area contributed by atoms with Crippen LogP contribution in [-0.4, -0.2) is 9.78 Å². The lowest BCUT2D eigenvalue weighted by molar-refractivity contribution is 0.569. The van der Waals surface area contributed by atoms with E-state index in [0.717, 1.165) is 12.1 Å². The molecule has 0 atom stereocenters. The van der Waals surface area contributed by atoms with Crippen LogP contribution in [0.2, 0.25) is 0 Å². The van der Waals surface area contributed by atoms with E-state index in [1.54, 1.807) is 24.3 Å². The van der Waals surface area contributed by atoms with Gasteiger partial charge in [-0.2, -0.15) is 5.10 Å². The fourth-order valence-corrected chi connectivity index (χ4v) is 2.42. The summed E-state index contributed by atoms with van der Waals surface area (Å²) in [7, 11) is 0. The van der Waals surface area contributed by atoms with Crippen molar-refractivity contribution < 1.29 is 13.2 Å². The number of nitrogens with zero attached hydrogens (tertiary/aromatic N) is 2. The van der Waals surface area contributed by atoms with E-state index < -0.39 is 17.3 Å². The van der Waals surface area contributed by atoms with Crippen LogP contribution in [0.3, 0.4) is 0 Å². The first-order valence-electron chi connectivity index (χ1n) is 6.50. The first-order chi connectivity index (χ1) is 10.6. The lowest BCUT2D eigenvalue weighted by Gasteiger charge is -2.02. The van der Waals surface area contributed by atoms with Crippen LogP contribution in [0.1, 0.15) is 0 Å². The zero-order valence-corrected chi connectivity index (χ0v) is 11.1. The second kappa shape index (κ2) is 4.49. The predicted octanol–water partition coefficient (Wildman–Crippen LogP) is 3.41. The van der Waals surface area contributed by atoms with Crippen LogP contribution in [0, 0.1) is 11.6 Å². The van der Waals surface area contributed by atoms with Gasteiger partial charge in [0.05, 0.1) is 0 Å². The molecule has 0 aliphatic heterocycles. The van der Waals surface area contributed by atoms with Gasteiger partial charge in [-0.15, -0.1) is 0 Å². The smallest absolute Gasteiger partial charge is 0.347 e. The number of hydrogen-bond donors (Lipinski definition) is 0. The molecule has 0 unspecified atom stereocenters. The van der Waals surface area contributed by atoms with Crippen molar-refractivity contribution in [2.45, 2.75) is 0 Å². The Kier molecular flexibility index (Phi) is 2.59. The molecule has 0 saturated carbocycles. The fourth-order valence-electron chi connectivity index (χ4n) is 2.42. The van der Waals surface area contributed by atoms with E-state index in [1.807, 2.05) is 0 Å². The largest absolute Gasteiger partial charge is 0.422 e. The average Bonchev–Trinajstić information content (AvgIpc) is 2.93. The minimum atomic E-state index is -0.763. The molecule has 2 heterocycles. The van der Waals surface area contributed by atoms with Crippen LogP contribution >= 0.6 is 0 Å². The highest BCUT2D eigenvalue weighted by Gasteiger charge is 2.14. The summed E-state index contributed by atoms with van der Waals surface area (Å²) in [6.45, 7) is 0. The molecule has 22 heavy (non-hydrogen) atoms. The van der Waals surface area contributed by atoms with Crippen molar-refractivity contribution in [3.8, 4) is 5.69 Å². The number of aromatic nitrogens is 2. The Morgan fingerprint density at radius 1 is 1.05 bits per heavy atom. The van der Waals surface area contributed by atoms with Gasteiger partial charge in [0.15, 0.2) is 5.82 Å². The van der Waals surface area contributed by atoms with Crippen molar-refractivity contribution >= 4 is 21.9 Å². The third-order valence-corrected chi connectivity index (χ3v) is 3.44. The molecular weight excluding hydrogens is 290 g/mol. The third kappa shape index (κ3) is 1.81. The Morgan fingerprint density at radius 2 is 1.86 bits per heavy atom. The molecule has 4 rings (SSSR count). The maximum Gasteiger partial charge on any atom is 0.347 e. The highest BCUT2D eigenvalue weighted by atomic mass is 19.1. The van der Waals surface area contributed by atoms with E-state index in [2.05, 4.69) is 5.10 Å². The van der Waals surface area contributed by atoms with Crippen LogP contribution in [0.4, 0.5) is 8.78 Å². The number of halogens is 2. The van der Waals surface area contributed by atoms with Crippen LogP contribution in [0.5, 0.6) is 0 Å². The Bertz CT molecular complexity index is 1080. The van der Waals surface area contributed by atoms with Gasteiger partial charge in [0.2, 0.25) is 0 Å². The lowest BCUT2D eigenvalue weighted by atomic mass is 10.2. The minimum Gasteiger partial charge on any atom is -0.422 e. The SMILES string of the molecule is O=c1oc2ccccc2c2nn(-c3ccc(F)cc3F)cc12. The molecule has 6 heteroatoms. The molecule has 0 aliphatic rings. The molecule has 0 amide bonds. The van der Waals surface area contributed by atoms with E-state index in [1.165, 1.54) is 16.9 Å². The fraction of sp³-hybridized carbons (Fsp3) is 0. The van der Waals surface area contributed by atoms with Gasteiger partial charge >= 0.3 is 5.63 Å². The zero-order valence-electron chi connectivity index (χ0n) is 11.1. The maximum atomic E-state index is 13.9. The molecular formula is C16H8F2N2O2. The van der Waals surface area contributed by atoms with Gasteiger partial charge in [0.1, 0.15) is 28.0 Å². The molecule has 4 nitrogen and oxygen atoms in total. The van der Waals surface area contributed by atoms with Crippen molar-refractivity contribution in [1.29, 1.82) is 0 Å². The molecule has 0 bridgehead atoms. The normalized spacial score (nSPS) is 11.4. The highest BCUT2D eigenvalue weighted by Crippen LogP contribution is 2.23. The van der Waals surface area contributed by atoms with Crippen LogP contribution in [-0.2, 0) is 0 Å². The second-order valence-corrected chi connectivity index (χ2v) is 4.82. The van der Waals surface area contributed by atoms with E-state index in [4.69, 9.17) is 4.42 Å². The predicted molar refractivity (Wildman–Crippen MR) is 77.0 cm³/mol. The van der Waals surface area contributed by atoms with Crippen molar-refractivity contribution in [1.82, 2.24) is 9.78 Å². The summed E-state index contributed by atoms with van der Waals surface area (Å²) in [5.74, 6) is -1.44. The molecule has 2 aromatic carbocycles. The molecule has 4 aromatic rings. The first-order valence-corrected chi connectivity index (χ1v) is 6.50. The Labute approximate surface area is 122 Å². The zero-order chi connectivity index (χ0) is 15.3. The summed E-state index contributed by atoms with van der Waals surface area (Å²) in [5.41, 5.74) is 0.323. The summed E-state index contributed by atoms with van der Waals surface area (Å²) in [6.07, 6.45) is 1.38. The summed E-state index contributed by atoms with van der Waals surface area (Å²) in [6, 6.07) is 10.1. The van der Waals surface area contributed by atoms with Crippen LogP contribution in [0.15, 0.2) is 57.9 Å². The molecule has 0 N–H and O–H groups in total. The molecule has 0 aliphatic carbocycles. The van der Waals surface area contributed by atoms with E-state index >= 15 is 0 Å². The molecule has 0 radical (unpaired) electrons. The van der Waals surface area contributed by atoms with Gasteiger partial charge in [0.25, 0.3) is 0 Å². The lowest BCUT2D eigenvalue weighted by Crippen LogP contribution is -1.98. The van der Waals surface area contributed by atoms with Gasteiger partial charge < -0.3 is 4.42 Å². The van der Waals surface area contributed by atoms with E-state index in [-0.39, 0.29) is 11.1 Å². The Balaban J connectivity index is 2.07. The summed E-state index contributed by atoms with van der Waals surface area (Å²) < 4.78 is 33.3. The summed E-state index contributed by atoms with van der Waals surface area (Å²) in [5, 5.41) is 5.15. The molecule has 0 saturated heterocycles.